The van der Waals surface area contributed by atoms with Gasteiger partial charge in [-0.15, -0.1) is 0 Å². The molecule has 94 heavy (non-hydrogen) atoms. The van der Waals surface area contributed by atoms with Gasteiger partial charge in [-0.3, -0.25) is 0 Å². The van der Waals surface area contributed by atoms with Crippen LogP contribution in [-0.2, 0) is 58.3 Å². The monoisotopic (exact) mass is 1440 g/mol. The Hall–Kier alpha value is -6.71. The summed E-state index contributed by atoms with van der Waals surface area (Å²) >= 11 is 0. The number of aromatic hydroxyl groups is 2. The molecular formula is C85H108F2HfN2O4. The van der Waals surface area contributed by atoms with Crippen molar-refractivity contribution in [3.05, 3.63) is 178 Å². The van der Waals surface area contributed by atoms with Crippen molar-refractivity contribution >= 4 is 43.6 Å². The molecule has 0 spiro atoms. The molecule has 0 aliphatic heterocycles. The Morgan fingerprint density at radius 3 is 0.872 bits per heavy atom. The molecule has 10 rings (SSSR count). The summed E-state index contributed by atoms with van der Waals surface area (Å²) in [6.45, 7) is 49.5. The number of halogens is 2. The van der Waals surface area contributed by atoms with E-state index in [2.05, 4.69) is 246 Å². The third-order valence-electron chi connectivity index (χ3n) is 18.4. The molecule has 8 aromatic carbocycles. The van der Waals surface area contributed by atoms with Crippen LogP contribution < -0.4 is 9.47 Å². The van der Waals surface area contributed by atoms with E-state index in [1.165, 1.54) is 46.5 Å². The van der Waals surface area contributed by atoms with Gasteiger partial charge in [0.1, 0.15) is 34.6 Å². The first-order chi connectivity index (χ1) is 42.0. The summed E-state index contributed by atoms with van der Waals surface area (Å²) < 4.78 is 49.6. The maximum Gasteiger partial charge on any atom is 0.147 e. The van der Waals surface area contributed by atoms with Gasteiger partial charge in [0.05, 0.1) is 46.7 Å². The molecule has 2 N–H and O–H groups in total. The molecule has 2 heterocycles. The summed E-state index contributed by atoms with van der Waals surface area (Å²) in [7, 11) is 0. The van der Waals surface area contributed by atoms with E-state index in [0.717, 1.165) is 67.6 Å². The Bertz CT molecular complexity index is 4010. The topological polar surface area (TPSA) is 68.8 Å². The molecule has 0 atom stereocenters. The van der Waals surface area contributed by atoms with Gasteiger partial charge in [-0.25, -0.2) is 8.78 Å². The second kappa shape index (κ2) is 26.4. The Morgan fingerprint density at radius 1 is 0.340 bits per heavy atom. The van der Waals surface area contributed by atoms with Gasteiger partial charge in [0.2, 0.25) is 0 Å². The van der Waals surface area contributed by atoms with Gasteiger partial charge in [-0.2, -0.15) is 0 Å². The molecule has 6 nitrogen and oxygen atoms in total. The van der Waals surface area contributed by atoms with Crippen molar-refractivity contribution in [1.82, 2.24) is 9.13 Å². The van der Waals surface area contributed by atoms with Crippen LogP contribution in [0.15, 0.2) is 133 Å². The van der Waals surface area contributed by atoms with Gasteiger partial charge >= 0.3 is 0 Å². The summed E-state index contributed by atoms with van der Waals surface area (Å²) in [6.07, 6.45) is 2.06. The molecule has 10 aromatic rings. The minimum atomic E-state index is -0.462. The van der Waals surface area contributed by atoms with Crippen LogP contribution in [0.5, 0.6) is 23.0 Å². The predicted molar refractivity (Wildman–Crippen MR) is 394 cm³/mol. The van der Waals surface area contributed by atoms with Crippen LogP contribution in [0.2, 0.25) is 0 Å². The van der Waals surface area contributed by atoms with Gasteiger partial charge in [0.15, 0.2) is 0 Å². The normalized spacial score (nSPS) is 12.9. The molecule has 500 valence electrons. The van der Waals surface area contributed by atoms with Gasteiger partial charge in [-0.1, -0.05) is 191 Å². The maximum atomic E-state index is 15.9. The van der Waals surface area contributed by atoms with E-state index in [-0.39, 0.29) is 109 Å². The summed E-state index contributed by atoms with van der Waals surface area (Å²) in [4.78, 5) is 0. The Labute approximate surface area is 581 Å². The number of phenols is 2. The fourth-order valence-electron chi connectivity index (χ4n) is 14.2. The zero-order valence-corrected chi connectivity index (χ0v) is 62.7. The average Bonchev–Trinajstić information content (AvgIpc) is 1.55. The summed E-state index contributed by atoms with van der Waals surface area (Å²) in [5, 5.41) is 30.4. The zero-order chi connectivity index (χ0) is 66.7. The minimum Gasteiger partial charge on any atom is -0.505 e. The smallest absolute Gasteiger partial charge is 0.147 e. The van der Waals surface area contributed by atoms with Crippen LogP contribution in [0.4, 0.5) is 8.78 Å². The number of benzene rings is 8. The molecule has 0 aliphatic carbocycles. The Balaban J connectivity index is 0.00000417. The van der Waals surface area contributed by atoms with Crippen LogP contribution in [0.25, 0.3) is 77.2 Å². The van der Waals surface area contributed by atoms with Crippen molar-refractivity contribution in [2.45, 2.75) is 219 Å². The molecule has 0 aliphatic rings. The number of rotatable bonds is 14. The molecule has 9 heteroatoms. The molecule has 0 radical (unpaired) electrons. The fourth-order valence-corrected chi connectivity index (χ4v) is 14.2. The quantitative estimate of drug-likeness (QED) is 0.0841. The Morgan fingerprint density at radius 2 is 0.617 bits per heavy atom. The van der Waals surface area contributed by atoms with Crippen molar-refractivity contribution in [2.24, 2.45) is 10.8 Å². The first-order valence-electron chi connectivity index (χ1n) is 32.8. The predicted octanol–water partition coefficient (Wildman–Crippen LogP) is 24.6. The molecule has 0 amide bonds. The maximum absolute atomic E-state index is 15.9. The molecule has 2 aromatic heterocycles. The standard InChI is InChI=1S/C83H100F2N2O4.2CH4.Hf/c1-76(2,3)48-82(19,20)54-42-64(74(88)70(44-54)86-66-30-24-50(78(7,8)9)38-58(66)59-39-51(79(10,11)12)25-31-67(59)86)62-46-56(84)28-34-72(62)90-36-23-37-91-73-35-29-57(85)47-63(73)65-43-55(83(21,22)49-77(4,5)6)45-71(75(65)89)87-68-32-26-52(80(13,14)15)40-60(68)61-41-53(81(16,17)18)27-33-69(61)87;;;/h24-35,38-47,88-89H,23,36-37,48-49H2,1-22H3;2*1H4;. The second-order valence-corrected chi connectivity index (χ2v) is 34.0. The van der Waals surface area contributed by atoms with Crippen molar-refractivity contribution in [1.29, 1.82) is 0 Å². The third-order valence-corrected chi connectivity index (χ3v) is 18.4. The van der Waals surface area contributed by atoms with Crippen LogP contribution in [0.1, 0.15) is 220 Å². The summed E-state index contributed by atoms with van der Waals surface area (Å²) in [5.41, 5.74) is 12.4. The third kappa shape index (κ3) is 15.3. The van der Waals surface area contributed by atoms with E-state index in [0.29, 0.717) is 51.5 Å². The number of fused-ring (bicyclic) bond motifs is 6. The average molecular weight is 1440 g/mol. The number of ether oxygens (including phenoxy) is 2. The SMILES string of the molecule is C.C.CC(C)(C)CC(C)(C)c1cc(-c2cc(F)ccc2OCCCOc2ccc(F)cc2-c2cc(C(C)(C)CC(C)(C)C)cc(-n3c4ccc(C(C)(C)C)cc4c4cc(C(C)(C)C)ccc43)c2O)c(O)c(-n2c3ccc(C(C)(C)C)cc3c3cc(C(C)(C)C)ccc32)c1.[Hf]. The van der Waals surface area contributed by atoms with Crippen LogP contribution in [0, 0.1) is 22.5 Å². The van der Waals surface area contributed by atoms with E-state index in [1.807, 2.05) is 12.1 Å². The second-order valence-electron chi connectivity index (χ2n) is 34.0. The number of nitrogens with zero attached hydrogens (tertiary/aromatic N) is 2. The van der Waals surface area contributed by atoms with Crippen LogP contribution in [0.3, 0.4) is 0 Å². The van der Waals surface area contributed by atoms with E-state index in [4.69, 9.17) is 9.47 Å². The van der Waals surface area contributed by atoms with Crippen molar-refractivity contribution < 1.29 is 54.3 Å². The van der Waals surface area contributed by atoms with E-state index in [1.54, 1.807) is 12.1 Å². The van der Waals surface area contributed by atoms with Gasteiger partial charge < -0.3 is 28.8 Å². The molecule has 0 saturated carbocycles. The number of hydrogen-bond donors (Lipinski definition) is 2. The molecule has 0 unspecified atom stereocenters. The first kappa shape index (κ1) is 74.7. The van der Waals surface area contributed by atoms with E-state index < -0.39 is 11.6 Å². The molecule has 0 saturated heterocycles. The molecule has 0 bridgehead atoms. The molecular weight excluding hydrogens is 1330 g/mol. The van der Waals surface area contributed by atoms with Gasteiger partial charge in [0.25, 0.3) is 0 Å². The number of aromatic nitrogens is 2. The number of hydrogen-bond acceptors (Lipinski definition) is 4. The van der Waals surface area contributed by atoms with Crippen LogP contribution in [-0.4, -0.2) is 32.6 Å². The van der Waals surface area contributed by atoms with Crippen molar-refractivity contribution in [2.75, 3.05) is 13.2 Å². The van der Waals surface area contributed by atoms with Gasteiger partial charge in [0, 0.05) is 76.1 Å². The van der Waals surface area contributed by atoms with E-state index >= 15 is 8.78 Å². The van der Waals surface area contributed by atoms with Crippen LogP contribution >= 0.6 is 0 Å². The summed E-state index contributed by atoms with van der Waals surface area (Å²) in [6, 6.07) is 43.9. The summed E-state index contributed by atoms with van der Waals surface area (Å²) in [5.74, 6) is -0.0900. The van der Waals surface area contributed by atoms with Gasteiger partial charge in [-0.05, 0) is 199 Å². The van der Waals surface area contributed by atoms with Crippen molar-refractivity contribution in [3.8, 4) is 56.6 Å². The largest absolute Gasteiger partial charge is 0.505 e. The fraction of sp³-hybridized carbons (Fsp3) is 0.435. The number of phenolic OH excluding ortho intramolecular Hbond substituents is 2. The van der Waals surface area contributed by atoms with Crippen molar-refractivity contribution in [3.63, 3.8) is 0 Å². The zero-order valence-electron chi connectivity index (χ0n) is 59.1. The Kier molecular flexibility index (Phi) is 20.9. The minimum absolute atomic E-state index is 0. The first-order valence-corrected chi connectivity index (χ1v) is 32.8. The molecule has 0 fully saturated rings. The van der Waals surface area contributed by atoms with E-state index in [9.17, 15) is 10.2 Å².